The Balaban J connectivity index is 4.53. The second-order valence-corrected chi connectivity index (χ2v) is 11.5. The highest BCUT2D eigenvalue weighted by molar-refractivity contribution is 6.76. The first-order chi connectivity index (χ1) is 7.05. The summed E-state index contributed by atoms with van der Waals surface area (Å²) in [6, 6.07) is 0.553. The van der Waals surface area contributed by atoms with E-state index in [4.69, 9.17) is 4.74 Å². The van der Waals surface area contributed by atoms with Crippen LogP contribution in [0.4, 0.5) is 0 Å². The van der Waals surface area contributed by atoms with Gasteiger partial charge in [0.2, 0.25) is 0 Å². The van der Waals surface area contributed by atoms with Crippen molar-refractivity contribution >= 4 is 20.5 Å². The van der Waals surface area contributed by atoms with Crippen molar-refractivity contribution in [3.8, 4) is 0 Å². The Labute approximate surface area is 98.3 Å². The van der Waals surface area contributed by atoms with Crippen LogP contribution in [0, 0.1) is 0 Å². The van der Waals surface area contributed by atoms with Crippen molar-refractivity contribution in [2.24, 2.45) is 0 Å². The largest absolute Gasteiger partial charge is 0.457 e. The molecule has 5 heteroatoms. The maximum Gasteiger partial charge on any atom is 0.418 e. The molecule has 4 nitrogen and oxygen atoms in total. The molecule has 1 unspecified atom stereocenters. The summed E-state index contributed by atoms with van der Waals surface area (Å²) in [4.78, 5) is 22.0. The number of hydrogen-bond donors (Lipinski definition) is 0. The number of hydrogen-bond acceptors (Lipinski definition) is 4. The number of rotatable bonds is 5. The molecule has 0 N–H and O–H groups in total. The first kappa shape index (κ1) is 15.2. The van der Waals surface area contributed by atoms with Crippen LogP contribution in [-0.2, 0) is 19.1 Å². The Hall–Kier alpha value is -0.843. The molecule has 0 amide bonds. The van der Waals surface area contributed by atoms with Crippen LogP contribution in [-0.4, -0.2) is 32.2 Å². The minimum atomic E-state index is -1.50. The quantitative estimate of drug-likeness (QED) is 0.550. The lowest BCUT2D eigenvalue weighted by molar-refractivity contribution is -0.163. The van der Waals surface area contributed by atoms with Crippen LogP contribution in [0.1, 0.15) is 20.8 Å². The molecule has 0 aromatic rings. The Bertz CT molecular complexity index is 250. The van der Waals surface area contributed by atoms with Gasteiger partial charge in [-0.15, -0.1) is 0 Å². The van der Waals surface area contributed by atoms with Gasteiger partial charge in [0, 0.05) is 8.07 Å². The molecule has 0 fully saturated rings. The van der Waals surface area contributed by atoms with Crippen molar-refractivity contribution in [2.75, 3.05) is 0 Å². The van der Waals surface area contributed by atoms with Crippen molar-refractivity contribution in [3.63, 3.8) is 0 Å². The third-order valence-corrected chi connectivity index (χ3v) is 3.25. The minimum absolute atomic E-state index is 0.488. The summed E-state index contributed by atoms with van der Waals surface area (Å²) in [7, 11) is -1.50. The highest BCUT2D eigenvalue weighted by Crippen LogP contribution is 2.17. The van der Waals surface area contributed by atoms with Gasteiger partial charge in [0.1, 0.15) is 5.60 Å². The molecule has 0 aliphatic rings. The zero-order valence-electron chi connectivity index (χ0n) is 10.9. The fourth-order valence-electron chi connectivity index (χ4n) is 1.15. The van der Waals surface area contributed by atoms with Gasteiger partial charge in [-0.2, -0.15) is 0 Å². The SMILES string of the molecule is CC(C)(C)OC(=O)C(C[Si](C)(C)C)O[C]=O. The molecule has 0 saturated heterocycles. The minimum Gasteiger partial charge on any atom is -0.457 e. The molecule has 0 spiro atoms. The summed E-state index contributed by atoms with van der Waals surface area (Å²) in [5, 5.41) is 0. The lowest BCUT2D eigenvalue weighted by Gasteiger charge is -2.25. The third kappa shape index (κ3) is 7.45. The molecule has 16 heavy (non-hydrogen) atoms. The van der Waals surface area contributed by atoms with E-state index in [-0.39, 0.29) is 0 Å². The van der Waals surface area contributed by atoms with Gasteiger partial charge in [-0.1, -0.05) is 19.6 Å². The van der Waals surface area contributed by atoms with Gasteiger partial charge in [-0.05, 0) is 26.8 Å². The molecule has 0 rings (SSSR count). The van der Waals surface area contributed by atoms with Crippen molar-refractivity contribution in [2.45, 2.75) is 58.2 Å². The van der Waals surface area contributed by atoms with Gasteiger partial charge in [-0.3, -0.25) is 0 Å². The first-order valence-corrected chi connectivity index (χ1v) is 9.01. The predicted molar refractivity (Wildman–Crippen MR) is 64.6 cm³/mol. The third-order valence-electron chi connectivity index (χ3n) is 1.66. The lowest BCUT2D eigenvalue weighted by atomic mass is 10.2. The molecule has 1 atom stereocenters. The highest BCUT2D eigenvalue weighted by atomic mass is 28.3. The molecular formula is C11H21O4Si. The molecule has 0 heterocycles. The van der Waals surface area contributed by atoms with E-state index in [0.29, 0.717) is 6.04 Å². The van der Waals surface area contributed by atoms with Gasteiger partial charge >= 0.3 is 12.4 Å². The first-order valence-electron chi connectivity index (χ1n) is 5.31. The molecule has 0 bridgehead atoms. The summed E-state index contributed by atoms with van der Waals surface area (Å²) in [6.07, 6.45) is -0.816. The number of ether oxygens (including phenoxy) is 2. The average molecular weight is 245 g/mol. The van der Waals surface area contributed by atoms with Crippen LogP contribution in [0.25, 0.3) is 0 Å². The summed E-state index contributed by atoms with van der Waals surface area (Å²) < 4.78 is 9.86. The number of esters is 1. The van der Waals surface area contributed by atoms with E-state index >= 15 is 0 Å². The summed E-state index contributed by atoms with van der Waals surface area (Å²) in [5.41, 5.74) is -0.568. The van der Waals surface area contributed by atoms with E-state index < -0.39 is 25.7 Å². The zero-order chi connectivity index (χ0) is 13.0. The van der Waals surface area contributed by atoms with E-state index in [1.165, 1.54) is 6.47 Å². The van der Waals surface area contributed by atoms with Crippen molar-refractivity contribution in [1.29, 1.82) is 0 Å². The number of carbonyl (C=O) groups is 1. The predicted octanol–water partition coefficient (Wildman–Crippen LogP) is 2.12. The van der Waals surface area contributed by atoms with Crippen LogP contribution < -0.4 is 0 Å². The van der Waals surface area contributed by atoms with E-state index in [1.54, 1.807) is 20.8 Å². The van der Waals surface area contributed by atoms with Crippen LogP contribution in [0.2, 0.25) is 25.7 Å². The maximum atomic E-state index is 11.7. The van der Waals surface area contributed by atoms with Crippen molar-refractivity contribution < 1.29 is 19.1 Å². The Morgan fingerprint density at radius 2 is 1.81 bits per heavy atom. The Morgan fingerprint density at radius 3 is 2.12 bits per heavy atom. The smallest absolute Gasteiger partial charge is 0.418 e. The fourth-order valence-corrected chi connectivity index (χ4v) is 2.52. The van der Waals surface area contributed by atoms with Gasteiger partial charge in [0.15, 0.2) is 6.10 Å². The van der Waals surface area contributed by atoms with Crippen LogP contribution in [0.15, 0.2) is 0 Å². The van der Waals surface area contributed by atoms with E-state index in [0.717, 1.165) is 0 Å². The molecule has 0 saturated carbocycles. The van der Waals surface area contributed by atoms with E-state index in [9.17, 15) is 9.59 Å². The lowest BCUT2D eigenvalue weighted by Crippen LogP contribution is -2.38. The summed E-state index contributed by atoms with van der Waals surface area (Å²) in [5.74, 6) is -0.488. The molecule has 0 aliphatic carbocycles. The molecule has 93 valence electrons. The van der Waals surface area contributed by atoms with Crippen LogP contribution >= 0.6 is 0 Å². The second-order valence-electron chi connectivity index (χ2n) is 5.99. The molecule has 1 radical (unpaired) electrons. The maximum absolute atomic E-state index is 11.7. The molecular weight excluding hydrogens is 224 g/mol. The van der Waals surface area contributed by atoms with Crippen molar-refractivity contribution in [3.05, 3.63) is 0 Å². The highest BCUT2D eigenvalue weighted by Gasteiger charge is 2.31. The summed E-state index contributed by atoms with van der Waals surface area (Å²) >= 11 is 0. The zero-order valence-corrected chi connectivity index (χ0v) is 11.9. The average Bonchev–Trinajstić information content (AvgIpc) is 1.97. The Morgan fingerprint density at radius 1 is 1.31 bits per heavy atom. The van der Waals surface area contributed by atoms with Gasteiger partial charge in [-0.25, -0.2) is 9.59 Å². The van der Waals surface area contributed by atoms with Gasteiger partial charge in [0.25, 0.3) is 0 Å². The van der Waals surface area contributed by atoms with Crippen LogP contribution in [0.3, 0.4) is 0 Å². The Kier molecular flexibility index (Phi) is 5.19. The molecule has 0 aliphatic heterocycles. The van der Waals surface area contributed by atoms with Crippen molar-refractivity contribution in [1.82, 2.24) is 0 Å². The van der Waals surface area contributed by atoms with E-state index in [2.05, 4.69) is 24.4 Å². The van der Waals surface area contributed by atoms with Gasteiger partial charge < -0.3 is 9.47 Å². The fraction of sp³-hybridized carbons (Fsp3) is 0.818. The monoisotopic (exact) mass is 245 g/mol. The molecule has 0 aromatic carbocycles. The summed E-state index contributed by atoms with van der Waals surface area (Å²) in [6.45, 7) is 13.0. The topological polar surface area (TPSA) is 52.6 Å². The second kappa shape index (κ2) is 5.47. The molecule has 0 aromatic heterocycles. The number of carbonyl (C=O) groups excluding carboxylic acids is 2. The van der Waals surface area contributed by atoms with Crippen LogP contribution in [0.5, 0.6) is 0 Å². The van der Waals surface area contributed by atoms with Gasteiger partial charge in [0.05, 0.1) is 0 Å². The normalized spacial score (nSPS) is 14.1. The van der Waals surface area contributed by atoms with E-state index in [1.807, 2.05) is 0 Å². The standard InChI is InChI=1S/C11H21O4Si/c1-11(2,3)15-10(13)9(14-8-12)7-16(4,5)6/h9H,7H2,1-6H3.